The monoisotopic (exact) mass is 519 g/mol. The van der Waals surface area contributed by atoms with Crippen LogP contribution in [0.3, 0.4) is 0 Å². The topological polar surface area (TPSA) is 74.6 Å². The highest BCUT2D eigenvalue weighted by Crippen LogP contribution is 2.35. The maximum Gasteiger partial charge on any atom is 0.276 e. The van der Waals surface area contributed by atoms with Gasteiger partial charge in [0.15, 0.2) is 16.6 Å². The molecule has 0 spiro atoms. The van der Waals surface area contributed by atoms with Crippen LogP contribution in [0.15, 0.2) is 42.1 Å². The third-order valence-corrected chi connectivity index (χ3v) is 5.47. The number of halogens is 1. The molecule has 0 aromatic heterocycles. The molecule has 2 aromatic carbocycles. The first-order chi connectivity index (χ1) is 14.0. The van der Waals surface area contributed by atoms with E-state index in [2.05, 4.69) is 34.0 Å². The fourth-order valence-corrected chi connectivity index (χ4v) is 4.00. The molecule has 6 nitrogen and oxygen atoms in total. The molecule has 1 saturated heterocycles. The summed E-state index contributed by atoms with van der Waals surface area (Å²) in [5.41, 5.74) is 2.58. The van der Waals surface area contributed by atoms with E-state index in [4.69, 9.17) is 21.7 Å². The van der Waals surface area contributed by atoms with Crippen molar-refractivity contribution in [2.45, 2.75) is 13.5 Å². The fourth-order valence-electron chi connectivity index (χ4n) is 2.89. The molecule has 1 N–H and O–H groups in total. The van der Waals surface area contributed by atoms with Gasteiger partial charge in [-0.15, -0.1) is 0 Å². The summed E-state index contributed by atoms with van der Waals surface area (Å²) in [6, 6.07) is 13.2. The van der Waals surface area contributed by atoms with Gasteiger partial charge in [0.2, 0.25) is 0 Å². The third kappa shape index (κ3) is 4.52. The van der Waals surface area contributed by atoms with E-state index in [-0.39, 0.29) is 12.5 Å². The highest BCUT2D eigenvalue weighted by Gasteiger charge is 2.29. The predicted octanol–water partition coefficient (Wildman–Crippen LogP) is 3.83. The molecule has 0 bridgehead atoms. The Morgan fingerprint density at radius 1 is 1.34 bits per heavy atom. The predicted molar refractivity (Wildman–Crippen MR) is 122 cm³/mol. The van der Waals surface area contributed by atoms with Gasteiger partial charge in [0.1, 0.15) is 12.3 Å². The van der Waals surface area contributed by atoms with Crippen LogP contribution in [0.2, 0.25) is 0 Å². The smallest absolute Gasteiger partial charge is 0.276 e. The van der Waals surface area contributed by atoms with E-state index in [1.165, 1.54) is 4.90 Å². The third-order valence-electron chi connectivity index (χ3n) is 4.35. The molecule has 1 aliphatic rings. The Balaban J connectivity index is 1.87. The van der Waals surface area contributed by atoms with Gasteiger partial charge < -0.3 is 14.8 Å². The Labute approximate surface area is 188 Å². The fraction of sp³-hybridized carbons (Fsp3) is 0.190. The van der Waals surface area contributed by atoms with Crippen molar-refractivity contribution in [2.75, 3.05) is 13.7 Å². The van der Waals surface area contributed by atoms with Gasteiger partial charge in [-0.3, -0.25) is 9.69 Å². The number of hydrogen-bond donors (Lipinski definition) is 1. The summed E-state index contributed by atoms with van der Waals surface area (Å²) in [7, 11) is 1.56. The van der Waals surface area contributed by atoms with E-state index in [1.54, 1.807) is 25.3 Å². The van der Waals surface area contributed by atoms with Crippen molar-refractivity contribution < 1.29 is 14.3 Å². The minimum atomic E-state index is -0.153. The van der Waals surface area contributed by atoms with Gasteiger partial charge >= 0.3 is 0 Å². The van der Waals surface area contributed by atoms with Gasteiger partial charge in [-0.25, -0.2) is 0 Å². The van der Waals surface area contributed by atoms with E-state index < -0.39 is 0 Å². The SMILES string of the molecule is CCN1C(=O)/C(=C/c2cc(I)c(OCc3ccccc3C#N)c(OC)c2)NC1=S. The van der Waals surface area contributed by atoms with E-state index in [9.17, 15) is 10.1 Å². The van der Waals surface area contributed by atoms with Crippen LogP contribution in [-0.4, -0.2) is 29.6 Å². The molecule has 1 heterocycles. The van der Waals surface area contributed by atoms with Gasteiger partial charge in [0, 0.05) is 12.1 Å². The summed E-state index contributed by atoms with van der Waals surface area (Å²) >= 11 is 7.35. The van der Waals surface area contributed by atoms with Crippen molar-refractivity contribution in [3.63, 3.8) is 0 Å². The molecule has 0 atom stereocenters. The number of rotatable bonds is 6. The lowest BCUT2D eigenvalue weighted by Gasteiger charge is -2.14. The van der Waals surface area contributed by atoms with E-state index >= 15 is 0 Å². The molecular formula is C21H18IN3O3S. The summed E-state index contributed by atoms with van der Waals surface area (Å²) < 4.78 is 12.3. The molecular weight excluding hydrogens is 501 g/mol. The van der Waals surface area contributed by atoms with Crippen LogP contribution in [0.25, 0.3) is 6.08 Å². The molecule has 8 heteroatoms. The van der Waals surface area contributed by atoms with Crippen molar-refractivity contribution in [2.24, 2.45) is 0 Å². The van der Waals surface area contributed by atoms with Crippen LogP contribution in [-0.2, 0) is 11.4 Å². The molecule has 0 aliphatic carbocycles. The average molecular weight is 519 g/mol. The zero-order valence-corrected chi connectivity index (χ0v) is 18.8. The summed E-state index contributed by atoms with van der Waals surface area (Å²) in [4.78, 5) is 13.9. The zero-order chi connectivity index (χ0) is 21.0. The average Bonchev–Trinajstić information content (AvgIpc) is 2.99. The number of hydrogen-bond acceptors (Lipinski definition) is 5. The second-order valence-corrected chi connectivity index (χ2v) is 7.68. The molecule has 3 rings (SSSR count). The van der Waals surface area contributed by atoms with Gasteiger partial charge in [-0.05, 0) is 71.6 Å². The Kier molecular flexibility index (Phi) is 6.71. The minimum absolute atomic E-state index is 0.153. The summed E-state index contributed by atoms with van der Waals surface area (Å²) in [6.45, 7) is 2.63. The summed E-state index contributed by atoms with van der Waals surface area (Å²) in [6.07, 6.45) is 1.74. The molecule has 1 fully saturated rings. The van der Waals surface area contributed by atoms with E-state index in [1.807, 2.05) is 31.2 Å². The largest absolute Gasteiger partial charge is 0.493 e. The van der Waals surface area contributed by atoms with Crippen molar-refractivity contribution in [1.29, 1.82) is 5.26 Å². The first-order valence-corrected chi connectivity index (χ1v) is 10.3. The van der Waals surface area contributed by atoms with Crippen LogP contribution < -0.4 is 14.8 Å². The molecule has 148 valence electrons. The number of amides is 1. The van der Waals surface area contributed by atoms with Crippen LogP contribution in [0.4, 0.5) is 0 Å². The number of carbonyl (C=O) groups is 1. The summed E-state index contributed by atoms with van der Waals surface area (Å²) in [5.74, 6) is 0.970. The number of carbonyl (C=O) groups excluding carboxylic acids is 1. The molecule has 1 aliphatic heterocycles. The zero-order valence-electron chi connectivity index (χ0n) is 15.9. The molecule has 0 unspecified atom stereocenters. The standard InChI is InChI=1S/C21H18IN3O3S/c1-3-25-20(26)17(24-21(25)29)9-13-8-16(22)19(18(10-13)27-2)28-12-15-7-5-4-6-14(15)11-23/h4-10H,3,12H2,1-2H3,(H,24,29)/b17-9-. The van der Waals surface area contributed by atoms with E-state index in [0.717, 1.165) is 14.7 Å². The minimum Gasteiger partial charge on any atom is -0.493 e. The second kappa shape index (κ2) is 9.24. The lowest BCUT2D eigenvalue weighted by Crippen LogP contribution is -2.30. The number of benzene rings is 2. The molecule has 2 aromatic rings. The lowest BCUT2D eigenvalue weighted by molar-refractivity contribution is -0.122. The van der Waals surface area contributed by atoms with Crippen molar-refractivity contribution >= 4 is 51.9 Å². The maximum atomic E-state index is 12.4. The van der Waals surface area contributed by atoms with Crippen molar-refractivity contribution in [1.82, 2.24) is 10.2 Å². The van der Waals surface area contributed by atoms with Crippen molar-refractivity contribution in [3.8, 4) is 17.6 Å². The van der Waals surface area contributed by atoms with Crippen LogP contribution in [0, 0.1) is 14.9 Å². The van der Waals surface area contributed by atoms with Gasteiger partial charge in [0.05, 0.1) is 22.3 Å². The number of nitrogens with zero attached hydrogens (tertiary/aromatic N) is 2. The highest BCUT2D eigenvalue weighted by atomic mass is 127. The second-order valence-electron chi connectivity index (χ2n) is 6.13. The van der Waals surface area contributed by atoms with Gasteiger partial charge in [-0.1, -0.05) is 18.2 Å². The van der Waals surface area contributed by atoms with Crippen LogP contribution in [0.1, 0.15) is 23.6 Å². The Hall–Kier alpha value is -2.64. The van der Waals surface area contributed by atoms with E-state index in [0.29, 0.717) is 34.4 Å². The molecule has 1 amide bonds. The van der Waals surface area contributed by atoms with Crippen molar-refractivity contribution in [3.05, 3.63) is 62.4 Å². The lowest BCUT2D eigenvalue weighted by atomic mass is 10.1. The number of nitriles is 1. The normalized spacial score (nSPS) is 14.7. The quantitative estimate of drug-likeness (QED) is 0.356. The number of ether oxygens (including phenoxy) is 2. The van der Waals surface area contributed by atoms with Crippen LogP contribution in [0.5, 0.6) is 11.5 Å². The highest BCUT2D eigenvalue weighted by molar-refractivity contribution is 14.1. The maximum absolute atomic E-state index is 12.4. The number of thiocarbonyl (C=S) groups is 1. The number of nitrogens with one attached hydrogen (secondary N) is 1. The number of likely N-dealkylation sites (N-methyl/N-ethyl adjacent to an activating group) is 1. The Bertz CT molecular complexity index is 1050. The number of methoxy groups -OCH3 is 1. The Morgan fingerprint density at radius 2 is 2.10 bits per heavy atom. The van der Waals surface area contributed by atoms with Crippen LogP contribution >= 0.6 is 34.8 Å². The molecule has 0 radical (unpaired) electrons. The molecule has 29 heavy (non-hydrogen) atoms. The first kappa shape index (κ1) is 21.1. The summed E-state index contributed by atoms with van der Waals surface area (Å²) in [5, 5.41) is 12.6. The first-order valence-electron chi connectivity index (χ1n) is 8.81. The van der Waals surface area contributed by atoms with Gasteiger partial charge in [0.25, 0.3) is 5.91 Å². The Morgan fingerprint density at radius 3 is 2.76 bits per heavy atom. The molecule has 0 saturated carbocycles. The van der Waals surface area contributed by atoms with Gasteiger partial charge in [-0.2, -0.15) is 5.26 Å².